The lowest BCUT2D eigenvalue weighted by atomic mass is 9.90. The molecule has 0 radical (unpaired) electrons. The summed E-state index contributed by atoms with van der Waals surface area (Å²) in [6.07, 6.45) is 4.61. The SMILES string of the molecule is O=C(c1ccccn1)C1CCN(C(=O)c2cnc3ccccc3c2)CC1. The van der Waals surface area contributed by atoms with E-state index in [1.54, 1.807) is 24.5 Å². The van der Waals surface area contributed by atoms with E-state index in [2.05, 4.69) is 9.97 Å². The number of carbonyl (C=O) groups excluding carboxylic acids is 2. The van der Waals surface area contributed by atoms with E-state index in [0.717, 1.165) is 10.9 Å². The minimum atomic E-state index is -0.0660. The van der Waals surface area contributed by atoms with Crippen LogP contribution in [0.3, 0.4) is 0 Å². The highest BCUT2D eigenvalue weighted by Gasteiger charge is 2.29. The Balaban J connectivity index is 1.43. The van der Waals surface area contributed by atoms with Gasteiger partial charge in [0.2, 0.25) is 0 Å². The molecule has 1 amide bonds. The molecule has 1 aliphatic heterocycles. The fraction of sp³-hybridized carbons (Fsp3) is 0.238. The quantitative estimate of drug-likeness (QED) is 0.683. The van der Waals surface area contributed by atoms with Crippen LogP contribution in [0.5, 0.6) is 0 Å². The first-order chi connectivity index (χ1) is 12.7. The smallest absolute Gasteiger partial charge is 0.255 e. The summed E-state index contributed by atoms with van der Waals surface area (Å²) in [5.74, 6) is -0.0132. The molecule has 1 aromatic carbocycles. The zero-order valence-electron chi connectivity index (χ0n) is 14.3. The molecular weight excluding hydrogens is 326 g/mol. The third-order valence-corrected chi connectivity index (χ3v) is 4.91. The summed E-state index contributed by atoms with van der Waals surface area (Å²) in [7, 11) is 0. The molecule has 0 unspecified atom stereocenters. The molecule has 1 fully saturated rings. The number of pyridine rings is 2. The monoisotopic (exact) mass is 345 g/mol. The van der Waals surface area contributed by atoms with E-state index < -0.39 is 0 Å². The lowest BCUT2D eigenvalue weighted by Gasteiger charge is -2.31. The molecular formula is C21H19N3O2. The van der Waals surface area contributed by atoms with Crippen molar-refractivity contribution in [3.8, 4) is 0 Å². The van der Waals surface area contributed by atoms with E-state index in [-0.39, 0.29) is 17.6 Å². The molecule has 0 atom stereocenters. The highest BCUT2D eigenvalue weighted by molar-refractivity contribution is 5.98. The molecule has 3 heterocycles. The van der Waals surface area contributed by atoms with Gasteiger partial charge in [0, 0.05) is 36.8 Å². The molecule has 3 aromatic rings. The van der Waals surface area contributed by atoms with Crippen LogP contribution in [0, 0.1) is 5.92 Å². The summed E-state index contributed by atoms with van der Waals surface area (Å²) in [4.78, 5) is 35.6. The van der Waals surface area contributed by atoms with E-state index in [1.807, 2.05) is 41.3 Å². The summed E-state index contributed by atoms with van der Waals surface area (Å²) in [5, 5.41) is 0.957. The van der Waals surface area contributed by atoms with Crippen LogP contribution in [0.4, 0.5) is 0 Å². The number of amides is 1. The lowest BCUT2D eigenvalue weighted by Crippen LogP contribution is -2.40. The topological polar surface area (TPSA) is 63.2 Å². The number of para-hydroxylation sites is 1. The van der Waals surface area contributed by atoms with Crippen LogP contribution in [0.15, 0.2) is 60.9 Å². The average Bonchev–Trinajstić information content (AvgIpc) is 2.73. The molecule has 1 aliphatic rings. The number of likely N-dealkylation sites (tertiary alicyclic amines) is 1. The van der Waals surface area contributed by atoms with E-state index in [4.69, 9.17) is 0 Å². The van der Waals surface area contributed by atoms with Crippen molar-refractivity contribution in [2.75, 3.05) is 13.1 Å². The number of nitrogens with zero attached hydrogens (tertiary/aromatic N) is 3. The van der Waals surface area contributed by atoms with Gasteiger partial charge in [0.25, 0.3) is 5.91 Å². The fourth-order valence-corrected chi connectivity index (χ4v) is 3.43. The van der Waals surface area contributed by atoms with Gasteiger partial charge in [-0.2, -0.15) is 0 Å². The third-order valence-electron chi connectivity index (χ3n) is 4.91. The maximum absolute atomic E-state index is 12.8. The highest BCUT2D eigenvalue weighted by Crippen LogP contribution is 2.23. The molecule has 130 valence electrons. The molecule has 0 bridgehead atoms. The second-order valence-corrected chi connectivity index (χ2v) is 6.56. The highest BCUT2D eigenvalue weighted by atomic mass is 16.2. The fourth-order valence-electron chi connectivity index (χ4n) is 3.43. The van der Waals surface area contributed by atoms with Crippen molar-refractivity contribution >= 4 is 22.6 Å². The minimum absolute atomic E-state index is 0.0213. The molecule has 0 aliphatic carbocycles. The van der Waals surface area contributed by atoms with Crippen LogP contribution in [-0.2, 0) is 0 Å². The number of hydrogen-bond acceptors (Lipinski definition) is 4. The van der Waals surface area contributed by atoms with Gasteiger partial charge >= 0.3 is 0 Å². The summed E-state index contributed by atoms with van der Waals surface area (Å²) in [6, 6.07) is 15.0. The number of aromatic nitrogens is 2. The Kier molecular flexibility index (Phi) is 4.44. The van der Waals surface area contributed by atoms with E-state index in [0.29, 0.717) is 37.2 Å². The van der Waals surface area contributed by atoms with Gasteiger partial charge in [-0.1, -0.05) is 24.3 Å². The maximum atomic E-state index is 12.8. The number of fused-ring (bicyclic) bond motifs is 1. The van der Waals surface area contributed by atoms with Crippen LogP contribution in [0.25, 0.3) is 10.9 Å². The van der Waals surface area contributed by atoms with Gasteiger partial charge in [-0.3, -0.25) is 19.6 Å². The van der Waals surface area contributed by atoms with Crippen molar-refractivity contribution in [3.05, 3.63) is 72.2 Å². The van der Waals surface area contributed by atoms with Crippen molar-refractivity contribution in [1.29, 1.82) is 0 Å². The zero-order chi connectivity index (χ0) is 17.9. The zero-order valence-corrected chi connectivity index (χ0v) is 14.3. The summed E-state index contributed by atoms with van der Waals surface area (Å²) >= 11 is 0. The first-order valence-corrected chi connectivity index (χ1v) is 8.82. The number of piperidine rings is 1. The molecule has 0 spiro atoms. The predicted octanol–water partition coefficient (Wildman–Crippen LogP) is 3.36. The van der Waals surface area contributed by atoms with Crippen LogP contribution >= 0.6 is 0 Å². The molecule has 0 N–H and O–H groups in total. The van der Waals surface area contributed by atoms with Crippen LogP contribution in [-0.4, -0.2) is 39.6 Å². The van der Waals surface area contributed by atoms with E-state index >= 15 is 0 Å². The molecule has 1 saturated heterocycles. The Morgan fingerprint density at radius 1 is 0.962 bits per heavy atom. The van der Waals surface area contributed by atoms with E-state index in [1.165, 1.54) is 0 Å². The van der Waals surface area contributed by atoms with Crippen LogP contribution in [0.2, 0.25) is 0 Å². The molecule has 5 nitrogen and oxygen atoms in total. The minimum Gasteiger partial charge on any atom is -0.339 e. The second kappa shape index (κ2) is 7.04. The summed E-state index contributed by atoms with van der Waals surface area (Å²) in [6.45, 7) is 1.16. The van der Waals surface area contributed by atoms with Gasteiger partial charge < -0.3 is 4.90 Å². The maximum Gasteiger partial charge on any atom is 0.255 e. The van der Waals surface area contributed by atoms with Crippen molar-refractivity contribution in [1.82, 2.24) is 14.9 Å². The van der Waals surface area contributed by atoms with Crippen LogP contribution in [0.1, 0.15) is 33.7 Å². The Morgan fingerprint density at radius 3 is 2.50 bits per heavy atom. The molecule has 26 heavy (non-hydrogen) atoms. The van der Waals surface area contributed by atoms with Gasteiger partial charge in [0.1, 0.15) is 5.69 Å². The Bertz CT molecular complexity index is 948. The van der Waals surface area contributed by atoms with Crippen molar-refractivity contribution < 1.29 is 9.59 Å². The van der Waals surface area contributed by atoms with E-state index in [9.17, 15) is 9.59 Å². The first-order valence-electron chi connectivity index (χ1n) is 8.82. The van der Waals surface area contributed by atoms with Gasteiger partial charge in [0.15, 0.2) is 5.78 Å². The number of benzene rings is 1. The van der Waals surface area contributed by atoms with Gasteiger partial charge in [-0.25, -0.2) is 0 Å². The van der Waals surface area contributed by atoms with Crippen LogP contribution < -0.4 is 0 Å². The standard InChI is InChI=1S/C21H19N3O2/c25-20(19-7-3-4-10-22-19)15-8-11-24(12-9-15)21(26)17-13-16-5-1-2-6-18(16)23-14-17/h1-7,10,13-15H,8-9,11-12H2. The normalized spacial score (nSPS) is 15.2. The predicted molar refractivity (Wildman–Crippen MR) is 98.9 cm³/mol. The third kappa shape index (κ3) is 3.20. The Labute approximate surface area is 151 Å². The van der Waals surface area contributed by atoms with Gasteiger partial charge in [-0.15, -0.1) is 0 Å². The molecule has 4 rings (SSSR count). The number of hydrogen-bond donors (Lipinski definition) is 0. The Hall–Kier alpha value is -3.08. The molecule has 0 saturated carbocycles. The summed E-state index contributed by atoms with van der Waals surface area (Å²) in [5.41, 5.74) is 1.98. The molecule has 2 aromatic heterocycles. The van der Waals surface area contributed by atoms with Gasteiger partial charge in [-0.05, 0) is 37.1 Å². The number of ketones is 1. The first kappa shape index (κ1) is 16.4. The molecule has 5 heteroatoms. The number of Topliss-reactive ketones (excluding diaryl/α,β-unsaturated/α-hetero) is 1. The van der Waals surface area contributed by atoms with Crippen molar-refractivity contribution in [2.24, 2.45) is 5.92 Å². The van der Waals surface area contributed by atoms with Crippen molar-refractivity contribution in [3.63, 3.8) is 0 Å². The second-order valence-electron chi connectivity index (χ2n) is 6.56. The largest absolute Gasteiger partial charge is 0.339 e. The number of carbonyl (C=O) groups is 2. The average molecular weight is 345 g/mol. The van der Waals surface area contributed by atoms with Gasteiger partial charge in [0.05, 0.1) is 11.1 Å². The summed E-state index contributed by atoms with van der Waals surface area (Å²) < 4.78 is 0. The van der Waals surface area contributed by atoms with Crippen molar-refractivity contribution in [2.45, 2.75) is 12.8 Å². The Morgan fingerprint density at radius 2 is 1.73 bits per heavy atom. The lowest BCUT2D eigenvalue weighted by molar-refractivity contribution is 0.0649. The number of rotatable bonds is 3.